The van der Waals surface area contributed by atoms with E-state index in [9.17, 15) is 14.4 Å². The van der Waals surface area contributed by atoms with Gasteiger partial charge in [-0.2, -0.15) is 5.10 Å². The molecule has 8 nitrogen and oxygen atoms in total. The highest BCUT2D eigenvalue weighted by atomic mass is 16.5. The summed E-state index contributed by atoms with van der Waals surface area (Å²) in [5.41, 5.74) is 3.36. The summed E-state index contributed by atoms with van der Waals surface area (Å²) in [7, 11) is 1.37. The summed E-state index contributed by atoms with van der Waals surface area (Å²) in [6.07, 6.45) is 3.23. The highest BCUT2D eigenvalue weighted by Crippen LogP contribution is 2.43. The van der Waals surface area contributed by atoms with Gasteiger partial charge in [0, 0.05) is 17.8 Å². The van der Waals surface area contributed by atoms with Gasteiger partial charge in [-0.3, -0.25) is 19.5 Å². The van der Waals surface area contributed by atoms with Crippen LogP contribution < -0.4 is 0 Å². The molecule has 2 saturated heterocycles. The molecule has 3 heterocycles. The zero-order chi connectivity index (χ0) is 20.8. The Morgan fingerprint density at radius 1 is 1.20 bits per heavy atom. The van der Waals surface area contributed by atoms with E-state index < -0.39 is 5.92 Å². The first kappa shape index (κ1) is 18.8. The Hall–Kier alpha value is -3.16. The molecule has 0 bridgehead atoms. The van der Waals surface area contributed by atoms with Gasteiger partial charge in [0.2, 0.25) is 5.91 Å². The molecule has 3 atom stereocenters. The molecular weight excluding hydrogens is 384 g/mol. The molecule has 0 saturated carbocycles. The van der Waals surface area contributed by atoms with Crippen molar-refractivity contribution in [1.29, 1.82) is 0 Å². The molecule has 2 fully saturated rings. The van der Waals surface area contributed by atoms with Gasteiger partial charge < -0.3 is 14.5 Å². The molecule has 0 radical (unpaired) electrons. The predicted molar refractivity (Wildman–Crippen MR) is 106 cm³/mol. The van der Waals surface area contributed by atoms with E-state index in [1.807, 2.05) is 30.3 Å². The topological polar surface area (TPSA) is 95.6 Å². The van der Waals surface area contributed by atoms with Gasteiger partial charge in [-0.05, 0) is 31.2 Å². The number of nitrogens with one attached hydrogen (secondary N) is 1. The second-order valence-corrected chi connectivity index (χ2v) is 8.24. The fourth-order valence-corrected chi connectivity index (χ4v) is 5.26. The Morgan fingerprint density at radius 2 is 2.00 bits per heavy atom. The Labute approximate surface area is 174 Å². The summed E-state index contributed by atoms with van der Waals surface area (Å²) >= 11 is 0. The lowest BCUT2D eigenvalue weighted by Crippen LogP contribution is -2.56. The van der Waals surface area contributed by atoms with Crippen LogP contribution in [0.1, 0.15) is 46.2 Å². The fraction of sp³-hybridized carbons (Fsp3) is 0.455. The second-order valence-electron chi connectivity index (χ2n) is 8.24. The van der Waals surface area contributed by atoms with Gasteiger partial charge in [-0.15, -0.1) is 0 Å². The lowest BCUT2D eigenvalue weighted by atomic mass is 9.93. The van der Waals surface area contributed by atoms with Gasteiger partial charge in [0.15, 0.2) is 5.69 Å². The summed E-state index contributed by atoms with van der Waals surface area (Å²) in [4.78, 5) is 42.2. The average molecular weight is 408 g/mol. The number of carbonyl (C=O) groups excluding carboxylic acids is 3. The molecule has 2 aromatic rings. The molecule has 30 heavy (non-hydrogen) atoms. The van der Waals surface area contributed by atoms with E-state index in [2.05, 4.69) is 10.2 Å². The van der Waals surface area contributed by atoms with Crippen molar-refractivity contribution in [3.8, 4) is 0 Å². The summed E-state index contributed by atoms with van der Waals surface area (Å²) in [5.74, 6) is -1.13. The number of ether oxygens (including phenoxy) is 1. The van der Waals surface area contributed by atoms with Crippen LogP contribution in [0.2, 0.25) is 0 Å². The number of aromatic nitrogens is 2. The van der Waals surface area contributed by atoms with Crippen molar-refractivity contribution in [2.75, 3.05) is 20.2 Å². The van der Waals surface area contributed by atoms with Crippen molar-refractivity contribution in [2.45, 2.75) is 37.8 Å². The Bertz CT molecular complexity index is 1000. The van der Waals surface area contributed by atoms with Gasteiger partial charge in [0.05, 0.1) is 25.1 Å². The molecule has 1 N–H and O–H groups in total. The SMILES string of the molecule is COC(=O)[C@H]1C[C@H]2CN(C(=O)c3n[nH]c4c3CCC4)CC(=O)N2[C@H]1c1ccccc1. The number of nitrogens with zero attached hydrogens (tertiary/aromatic N) is 3. The van der Waals surface area contributed by atoms with Crippen molar-refractivity contribution < 1.29 is 19.1 Å². The maximum absolute atomic E-state index is 13.2. The van der Waals surface area contributed by atoms with Gasteiger partial charge in [-0.1, -0.05) is 30.3 Å². The molecule has 1 aliphatic carbocycles. The van der Waals surface area contributed by atoms with Gasteiger partial charge in [0.1, 0.15) is 6.54 Å². The summed E-state index contributed by atoms with van der Waals surface area (Å²) in [6, 6.07) is 8.98. The highest BCUT2D eigenvalue weighted by molar-refractivity contribution is 5.97. The molecule has 8 heteroatoms. The highest BCUT2D eigenvalue weighted by Gasteiger charge is 2.51. The molecule has 5 rings (SSSR count). The molecule has 3 aliphatic rings. The standard InChI is InChI=1S/C22H24N4O4/c1-30-22(29)16-10-14-11-25(21(28)19-15-8-5-9-17(15)23-24-19)12-18(27)26(14)20(16)13-6-3-2-4-7-13/h2-4,6-7,14,16,20H,5,8-12H2,1H3,(H,23,24)/t14-,16-,20-/m0/s1. The van der Waals surface area contributed by atoms with Crippen molar-refractivity contribution >= 4 is 17.8 Å². The molecule has 1 aromatic heterocycles. The van der Waals surface area contributed by atoms with Crippen LogP contribution in [0.15, 0.2) is 30.3 Å². The Kier molecular flexibility index (Phi) is 4.56. The summed E-state index contributed by atoms with van der Waals surface area (Å²) < 4.78 is 5.04. The van der Waals surface area contributed by atoms with Crippen molar-refractivity contribution in [2.24, 2.45) is 5.92 Å². The second kappa shape index (κ2) is 7.27. The third-order valence-corrected chi connectivity index (χ3v) is 6.59. The monoisotopic (exact) mass is 408 g/mol. The Morgan fingerprint density at radius 3 is 2.77 bits per heavy atom. The third kappa shape index (κ3) is 2.89. The first-order valence-electron chi connectivity index (χ1n) is 10.4. The average Bonchev–Trinajstić information content (AvgIpc) is 3.47. The molecule has 0 unspecified atom stereocenters. The minimum absolute atomic E-state index is 0.00576. The van der Waals surface area contributed by atoms with Crippen LogP contribution in [-0.4, -0.2) is 64.0 Å². The van der Waals surface area contributed by atoms with Crippen LogP contribution in [0.25, 0.3) is 0 Å². The number of H-pyrrole nitrogens is 1. The summed E-state index contributed by atoms with van der Waals surface area (Å²) in [6.45, 7) is 0.386. The van der Waals surface area contributed by atoms with Gasteiger partial charge in [0.25, 0.3) is 5.91 Å². The number of methoxy groups -OCH3 is 1. The van der Waals surface area contributed by atoms with Crippen LogP contribution in [0.5, 0.6) is 0 Å². The van der Waals surface area contributed by atoms with Crippen LogP contribution in [0.3, 0.4) is 0 Å². The number of hydrogen-bond donors (Lipinski definition) is 1. The first-order valence-corrected chi connectivity index (χ1v) is 10.4. The van der Waals surface area contributed by atoms with Crippen molar-refractivity contribution in [3.63, 3.8) is 0 Å². The number of fused-ring (bicyclic) bond motifs is 2. The number of aromatic amines is 1. The number of carbonyl (C=O) groups is 3. The number of hydrogen-bond acceptors (Lipinski definition) is 5. The largest absolute Gasteiger partial charge is 0.469 e. The molecule has 0 spiro atoms. The first-order chi connectivity index (χ1) is 14.6. The normalized spacial score (nSPS) is 25.2. The number of piperazine rings is 1. The van der Waals surface area contributed by atoms with E-state index in [4.69, 9.17) is 4.74 Å². The minimum atomic E-state index is -0.448. The van der Waals surface area contributed by atoms with Crippen LogP contribution in [-0.2, 0) is 27.2 Å². The minimum Gasteiger partial charge on any atom is -0.469 e. The lowest BCUT2D eigenvalue weighted by molar-refractivity contribution is -0.147. The number of amides is 2. The van der Waals surface area contributed by atoms with E-state index >= 15 is 0 Å². The molecule has 2 aliphatic heterocycles. The van der Waals surface area contributed by atoms with E-state index in [0.29, 0.717) is 18.7 Å². The Balaban J connectivity index is 1.43. The van der Waals surface area contributed by atoms with Crippen LogP contribution >= 0.6 is 0 Å². The molecule has 156 valence electrons. The predicted octanol–water partition coefficient (Wildman–Crippen LogP) is 1.49. The van der Waals surface area contributed by atoms with Gasteiger partial charge >= 0.3 is 5.97 Å². The zero-order valence-electron chi connectivity index (χ0n) is 16.8. The van der Waals surface area contributed by atoms with Crippen LogP contribution in [0.4, 0.5) is 0 Å². The van der Waals surface area contributed by atoms with Crippen molar-refractivity contribution in [3.05, 3.63) is 52.8 Å². The number of aryl methyl sites for hydroxylation is 1. The molecular formula is C22H24N4O4. The lowest BCUT2D eigenvalue weighted by Gasteiger charge is -2.39. The van der Waals surface area contributed by atoms with E-state index in [0.717, 1.165) is 36.1 Å². The van der Waals surface area contributed by atoms with Crippen molar-refractivity contribution in [1.82, 2.24) is 20.0 Å². The smallest absolute Gasteiger partial charge is 0.311 e. The zero-order valence-corrected chi connectivity index (χ0v) is 16.8. The fourth-order valence-electron chi connectivity index (χ4n) is 5.26. The van der Waals surface area contributed by atoms with E-state index in [1.54, 1.807) is 9.80 Å². The maximum atomic E-state index is 13.2. The van der Waals surface area contributed by atoms with E-state index in [-0.39, 0.29) is 36.4 Å². The number of esters is 1. The van der Waals surface area contributed by atoms with Gasteiger partial charge in [-0.25, -0.2) is 0 Å². The maximum Gasteiger partial charge on any atom is 0.311 e. The number of benzene rings is 1. The summed E-state index contributed by atoms with van der Waals surface area (Å²) in [5, 5.41) is 7.20. The molecule has 1 aromatic carbocycles. The molecule has 2 amide bonds. The van der Waals surface area contributed by atoms with E-state index in [1.165, 1.54) is 7.11 Å². The quantitative estimate of drug-likeness (QED) is 0.777. The number of rotatable bonds is 3. The third-order valence-electron chi connectivity index (χ3n) is 6.59. The van der Waals surface area contributed by atoms with Crippen LogP contribution in [0, 0.1) is 5.92 Å².